The molecule has 11 heteroatoms. The number of rotatable bonds is 7. The van der Waals surface area contributed by atoms with E-state index in [1.165, 1.54) is 6.20 Å². The van der Waals surface area contributed by atoms with E-state index in [9.17, 15) is 8.42 Å². The topological polar surface area (TPSA) is 131 Å². The molecule has 5 rings (SSSR count). The summed E-state index contributed by atoms with van der Waals surface area (Å²) in [5, 5.41) is 8.17. The molecule has 3 N–H and O–H groups in total. The number of hydrogen-bond acceptors (Lipinski definition) is 9. The van der Waals surface area contributed by atoms with Gasteiger partial charge in [-0.15, -0.1) is 0 Å². The van der Waals surface area contributed by atoms with Crippen LogP contribution in [0.15, 0.2) is 73.0 Å². The fourth-order valence-electron chi connectivity index (χ4n) is 3.72. The van der Waals surface area contributed by atoms with Gasteiger partial charge in [0.15, 0.2) is 0 Å². The zero-order valence-corrected chi connectivity index (χ0v) is 19.5. The predicted octanol–water partition coefficient (Wildman–Crippen LogP) is 3.38. The van der Waals surface area contributed by atoms with Gasteiger partial charge in [0.1, 0.15) is 6.10 Å². The van der Waals surface area contributed by atoms with Crippen molar-refractivity contribution in [3.8, 4) is 11.3 Å². The minimum atomic E-state index is -3.63. The molecule has 0 spiro atoms. The van der Waals surface area contributed by atoms with Crippen molar-refractivity contribution in [3.63, 3.8) is 0 Å². The standard InChI is InChI=1S/C24H23N7O3S/c1-2-35(32,33)31-17-8-9-26-21(12-17)19-5-3-4-16-13-28-24(30-23(16)19)29-18-6-7-20(27-14-18)22-15-25-10-11-34-22/h2-9,12-14,22,25H,1,10-11,15H2,(H,26,31)(H,28,29,30). The van der Waals surface area contributed by atoms with Crippen molar-refractivity contribution in [2.45, 2.75) is 6.10 Å². The third-order valence-corrected chi connectivity index (χ3v) is 6.39. The molecular weight excluding hydrogens is 466 g/mol. The molecule has 35 heavy (non-hydrogen) atoms. The van der Waals surface area contributed by atoms with Gasteiger partial charge in [-0.25, -0.2) is 18.4 Å². The first-order valence-corrected chi connectivity index (χ1v) is 12.5. The second-order valence-corrected chi connectivity index (χ2v) is 9.47. The maximum atomic E-state index is 11.9. The summed E-state index contributed by atoms with van der Waals surface area (Å²) in [5.41, 5.74) is 3.96. The number of nitrogens with one attached hydrogen (secondary N) is 3. The van der Waals surface area contributed by atoms with Gasteiger partial charge in [-0.05, 0) is 24.3 Å². The number of para-hydroxylation sites is 1. The van der Waals surface area contributed by atoms with Gasteiger partial charge < -0.3 is 15.4 Å². The lowest BCUT2D eigenvalue weighted by molar-refractivity contribution is 0.0250. The molecule has 1 saturated heterocycles. The van der Waals surface area contributed by atoms with Crippen LogP contribution in [0.3, 0.4) is 0 Å². The molecule has 1 fully saturated rings. The highest BCUT2D eigenvalue weighted by atomic mass is 32.2. The fraction of sp³-hybridized carbons (Fsp3) is 0.167. The highest BCUT2D eigenvalue weighted by molar-refractivity contribution is 7.95. The number of anilines is 3. The van der Waals surface area contributed by atoms with Crippen LogP contribution in [-0.4, -0.2) is 48.1 Å². The Bertz CT molecular complexity index is 1470. The summed E-state index contributed by atoms with van der Waals surface area (Å²) in [6.45, 7) is 5.57. The smallest absolute Gasteiger partial charge is 0.254 e. The molecule has 1 aliphatic heterocycles. The Labute approximate surface area is 202 Å². The van der Waals surface area contributed by atoms with E-state index in [0.29, 0.717) is 29.5 Å². The molecule has 0 amide bonds. The third-order valence-electron chi connectivity index (χ3n) is 5.43. The van der Waals surface area contributed by atoms with Gasteiger partial charge in [-0.2, -0.15) is 0 Å². The number of aromatic nitrogens is 4. The Morgan fingerprint density at radius 2 is 2.00 bits per heavy atom. The summed E-state index contributed by atoms with van der Waals surface area (Å²) in [4.78, 5) is 18.0. The van der Waals surface area contributed by atoms with Gasteiger partial charge in [0.05, 0.1) is 41.1 Å². The van der Waals surface area contributed by atoms with E-state index in [0.717, 1.165) is 40.8 Å². The molecule has 0 radical (unpaired) electrons. The minimum Gasteiger partial charge on any atom is -0.369 e. The van der Waals surface area contributed by atoms with Gasteiger partial charge >= 0.3 is 0 Å². The molecule has 1 aliphatic rings. The van der Waals surface area contributed by atoms with Gasteiger partial charge in [-0.1, -0.05) is 24.8 Å². The zero-order valence-electron chi connectivity index (χ0n) is 18.7. The molecule has 3 aromatic heterocycles. The highest BCUT2D eigenvalue weighted by Crippen LogP contribution is 2.28. The van der Waals surface area contributed by atoms with Gasteiger partial charge in [0.2, 0.25) is 5.95 Å². The number of benzene rings is 1. The first-order valence-electron chi connectivity index (χ1n) is 10.9. The van der Waals surface area contributed by atoms with Crippen LogP contribution in [0, 0.1) is 0 Å². The second kappa shape index (κ2) is 9.74. The lowest BCUT2D eigenvalue weighted by Crippen LogP contribution is -2.33. The summed E-state index contributed by atoms with van der Waals surface area (Å²) in [7, 11) is -3.63. The molecule has 0 aliphatic carbocycles. The quantitative estimate of drug-likeness (QED) is 0.357. The molecule has 178 valence electrons. The van der Waals surface area contributed by atoms with Gasteiger partial charge in [0, 0.05) is 41.8 Å². The Kier molecular flexibility index (Phi) is 6.36. The van der Waals surface area contributed by atoms with E-state index >= 15 is 0 Å². The van der Waals surface area contributed by atoms with Crippen LogP contribution in [0.2, 0.25) is 0 Å². The Balaban J connectivity index is 1.42. The van der Waals surface area contributed by atoms with Crippen LogP contribution in [-0.2, 0) is 14.8 Å². The highest BCUT2D eigenvalue weighted by Gasteiger charge is 2.17. The summed E-state index contributed by atoms with van der Waals surface area (Å²) < 4.78 is 31.9. The maximum absolute atomic E-state index is 11.9. The van der Waals surface area contributed by atoms with E-state index in [1.807, 2.05) is 30.3 Å². The molecule has 1 unspecified atom stereocenters. The monoisotopic (exact) mass is 489 g/mol. The number of sulfonamides is 1. The minimum absolute atomic E-state index is 0.0588. The summed E-state index contributed by atoms with van der Waals surface area (Å²) in [6, 6.07) is 12.7. The number of hydrogen-bond donors (Lipinski definition) is 3. The average molecular weight is 490 g/mol. The van der Waals surface area contributed by atoms with E-state index in [1.54, 1.807) is 24.5 Å². The molecule has 1 atom stereocenters. The molecule has 1 aromatic carbocycles. The largest absolute Gasteiger partial charge is 0.369 e. The van der Waals surface area contributed by atoms with E-state index < -0.39 is 10.0 Å². The first kappa shape index (κ1) is 22.8. The van der Waals surface area contributed by atoms with Crippen molar-refractivity contribution in [3.05, 3.63) is 78.7 Å². The van der Waals surface area contributed by atoms with Crippen molar-refractivity contribution < 1.29 is 13.2 Å². The van der Waals surface area contributed by atoms with Crippen molar-refractivity contribution in [2.24, 2.45) is 0 Å². The van der Waals surface area contributed by atoms with Crippen molar-refractivity contribution in [1.82, 2.24) is 25.3 Å². The fourth-order valence-corrected chi connectivity index (χ4v) is 4.26. The van der Waals surface area contributed by atoms with Crippen molar-refractivity contribution in [1.29, 1.82) is 0 Å². The van der Waals surface area contributed by atoms with Crippen LogP contribution in [0.5, 0.6) is 0 Å². The number of ether oxygens (including phenoxy) is 1. The second-order valence-electron chi connectivity index (χ2n) is 7.84. The summed E-state index contributed by atoms with van der Waals surface area (Å²) in [6.07, 6.45) is 4.93. The molecule has 4 heterocycles. The lowest BCUT2D eigenvalue weighted by Gasteiger charge is -2.23. The first-order chi connectivity index (χ1) is 17.0. The Morgan fingerprint density at radius 3 is 2.77 bits per heavy atom. The van der Waals surface area contributed by atoms with Crippen molar-refractivity contribution in [2.75, 3.05) is 29.7 Å². The number of nitrogens with zero attached hydrogens (tertiary/aromatic N) is 4. The number of morpholine rings is 1. The van der Waals surface area contributed by atoms with Crippen LogP contribution < -0.4 is 15.4 Å². The van der Waals surface area contributed by atoms with E-state index in [-0.39, 0.29) is 6.10 Å². The maximum Gasteiger partial charge on any atom is 0.254 e. The van der Waals surface area contributed by atoms with E-state index in [2.05, 4.69) is 36.9 Å². The van der Waals surface area contributed by atoms with Gasteiger partial charge in [0.25, 0.3) is 10.0 Å². The molecule has 0 bridgehead atoms. The summed E-state index contributed by atoms with van der Waals surface area (Å²) in [5.74, 6) is 0.401. The SMILES string of the molecule is C=CS(=O)(=O)Nc1ccnc(-c2cccc3cnc(Nc4ccc(C5CNCCO5)nc4)nc23)c1. The van der Waals surface area contributed by atoms with Gasteiger partial charge in [-0.3, -0.25) is 14.7 Å². The molecule has 4 aromatic rings. The number of fused-ring (bicyclic) bond motifs is 1. The molecule has 10 nitrogen and oxygen atoms in total. The normalized spacial score (nSPS) is 16.1. The van der Waals surface area contributed by atoms with Crippen LogP contribution in [0.4, 0.5) is 17.3 Å². The van der Waals surface area contributed by atoms with Crippen LogP contribution in [0.25, 0.3) is 22.2 Å². The number of pyridine rings is 2. The third kappa shape index (κ3) is 5.27. The van der Waals surface area contributed by atoms with Crippen LogP contribution in [0.1, 0.15) is 11.8 Å². The predicted molar refractivity (Wildman–Crippen MR) is 135 cm³/mol. The Morgan fingerprint density at radius 1 is 1.09 bits per heavy atom. The lowest BCUT2D eigenvalue weighted by atomic mass is 10.1. The molecule has 0 saturated carbocycles. The zero-order chi connectivity index (χ0) is 24.3. The average Bonchev–Trinajstić information content (AvgIpc) is 2.89. The Hall–Kier alpha value is -3.93. The molecular formula is C24H23N7O3S. The van der Waals surface area contributed by atoms with E-state index in [4.69, 9.17) is 9.72 Å². The van der Waals surface area contributed by atoms with Crippen molar-refractivity contribution >= 4 is 38.2 Å². The summed E-state index contributed by atoms with van der Waals surface area (Å²) >= 11 is 0. The van der Waals surface area contributed by atoms with Crippen LogP contribution >= 0.6 is 0 Å².